The molecule has 0 amide bonds. The van der Waals surface area contributed by atoms with E-state index in [4.69, 9.17) is 9.47 Å². The van der Waals surface area contributed by atoms with E-state index in [2.05, 4.69) is 20.3 Å². The number of aromatic amines is 1. The minimum absolute atomic E-state index is 0.297. The van der Waals surface area contributed by atoms with Crippen molar-refractivity contribution in [1.82, 2.24) is 19.5 Å². The highest BCUT2D eigenvalue weighted by Gasteiger charge is 2.45. The molecule has 2 aromatic heterocycles. The normalized spacial score (nSPS) is 28.4. The topological polar surface area (TPSA) is 135 Å². The van der Waals surface area contributed by atoms with Gasteiger partial charge in [0.05, 0.1) is 12.9 Å². The van der Waals surface area contributed by atoms with Crippen LogP contribution in [0.15, 0.2) is 11.1 Å². The Morgan fingerprint density at radius 2 is 2.36 bits per heavy atom. The van der Waals surface area contributed by atoms with E-state index < -0.39 is 30.2 Å². The Morgan fingerprint density at radius 3 is 3.00 bits per heavy atom. The molecule has 3 heterocycles. The molecular formula is C12H17N5O5. The molecule has 0 bridgehead atoms. The van der Waals surface area contributed by atoms with Crippen LogP contribution in [0.3, 0.4) is 0 Å². The number of nitrogens with one attached hydrogen (secondary N) is 2. The molecule has 22 heavy (non-hydrogen) atoms. The number of nitrogens with zero attached hydrogens (tertiary/aromatic N) is 3. The highest BCUT2D eigenvalue weighted by Crippen LogP contribution is 2.33. The molecule has 1 fully saturated rings. The number of rotatable bonds is 4. The van der Waals surface area contributed by atoms with Gasteiger partial charge in [-0.1, -0.05) is 0 Å². The SMILES string of the molecule is CNc1[nH]c(=O)nc2c1ncn2[C@@H]1O[C@H](CO)[C@@H](O)[C@H]1OC. The van der Waals surface area contributed by atoms with Crippen molar-refractivity contribution < 1.29 is 19.7 Å². The van der Waals surface area contributed by atoms with Gasteiger partial charge in [0.1, 0.15) is 29.6 Å². The molecule has 1 aliphatic heterocycles. The molecule has 4 N–H and O–H groups in total. The quantitative estimate of drug-likeness (QED) is 0.532. The number of aliphatic hydroxyl groups is 2. The lowest BCUT2D eigenvalue weighted by atomic mass is 10.1. The fraction of sp³-hybridized carbons (Fsp3) is 0.583. The number of fused-ring (bicyclic) bond motifs is 1. The minimum Gasteiger partial charge on any atom is -0.394 e. The van der Waals surface area contributed by atoms with Crippen LogP contribution >= 0.6 is 0 Å². The maximum Gasteiger partial charge on any atom is 0.348 e. The fourth-order valence-electron chi connectivity index (χ4n) is 2.65. The van der Waals surface area contributed by atoms with E-state index in [1.807, 2.05) is 0 Å². The van der Waals surface area contributed by atoms with Gasteiger partial charge >= 0.3 is 5.69 Å². The van der Waals surface area contributed by atoms with E-state index >= 15 is 0 Å². The number of imidazole rings is 1. The molecule has 0 saturated carbocycles. The molecule has 4 atom stereocenters. The summed E-state index contributed by atoms with van der Waals surface area (Å²) in [5.41, 5.74) is 0.221. The van der Waals surface area contributed by atoms with E-state index in [9.17, 15) is 15.0 Å². The Hall–Kier alpha value is -2.01. The lowest BCUT2D eigenvalue weighted by molar-refractivity contribution is -0.0583. The van der Waals surface area contributed by atoms with Gasteiger partial charge in [-0.05, 0) is 0 Å². The van der Waals surface area contributed by atoms with Crippen molar-refractivity contribution in [3.05, 3.63) is 16.8 Å². The van der Waals surface area contributed by atoms with Crippen LogP contribution in [-0.4, -0.2) is 68.8 Å². The second-order valence-corrected chi connectivity index (χ2v) is 4.93. The highest BCUT2D eigenvalue weighted by molar-refractivity contribution is 5.82. The molecule has 120 valence electrons. The van der Waals surface area contributed by atoms with E-state index in [1.54, 1.807) is 7.05 Å². The summed E-state index contributed by atoms with van der Waals surface area (Å²) < 4.78 is 12.4. The summed E-state index contributed by atoms with van der Waals surface area (Å²) in [6.07, 6.45) is -1.79. The van der Waals surface area contributed by atoms with Gasteiger partial charge in [0, 0.05) is 14.2 Å². The van der Waals surface area contributed by atoms with Crippen molar-refractivity contribution in [2.75, 3.05) is 26.1 Å². The summed E-state index contributed by atoms with van der Waals surface area (Å²) in [5.74, 6) is 0.431. The zero-order chi connectivity index (χ0) is 15.9. The zero-order valence-corrected chi connectivity index (χ0v) is 12.1. The Labute approximate surface area is 124 Å². The van der Waals surface area contributed by atoms with Gasteiger partial charge in [-0.15, -0.1) is 0 Å². The van der Waals surface area contributed by atoms with Crippen LogP contribution in [0, 0.1) is 0 Å². The Bertz CT molecular complexity index is 728. The summed E-state index contributed by atoms with van der Waals surface area (Å²) in [6.45, 7) is -0.347. The van der Waals surface area contributed by atoms with E-state index in [-0.39, 0.29) is 6.61 Å². The van der Waals surface area contributed by atoms with E-state index in [0.717, 1.165) is 0 Å². The Balaban J connectivity index is 2.10. The standard InChI is InChI=1S/C12H17N5O5/c1-13-9-6-10(16-12(20)15-9)17(4-14-6)11-8(21-2)7(19)5(3-18)22-11/h4-5,7-8,11,18-19H,3H2,1-2H3,(H2,13,15,16,20)/t5-,7-,8-,11-/m1/s1. The number of aromatic nitrogens is 4. The first-order chi connectivity index (χ1) is 10.6. The van der Waals surface area contributed by atoms with Gasteiger partial charge < -0.3 is 25.0 Å². The van der Waals surface area contributed by atoms with Gasteiger partial charge in [0.2, 0.25) is 0 Å². The molecule has 0 radical (unpaired) electrons. The average Bonchev–Trinajstić information content (AvgIpc) is 3.06. The van der Waals surface area contributed by atoms with Crippen molar-refractivity contribution in [1.29, 1.82) is 0 Å². The number of aliphatic hydroxyl groups excluding tert-OH is 2. The molecule has 2 aromatic rings. The highest BCUT2D eigenvalue weighted by atomic mass is 16.6. The van der Waals surface area contributed by atoms with Crippen molar-refractivity contribution in [2.45, 2.75) is 24.5 Å². The summed E-state index contributed by atoms with van der Waals surface area (Å²) in [6, 6.07) is 0. The van der Waals surface area contributed by atoms with Crippen LogP contribution in [0.25, 0.3) is 11.2 Å². The Kier molecular flexibility index (Phi) is 3.83. The maximum atomic E-state index is 11.7. The summed E-state index contributed by atoms with van der Waals surface area (Å²) in [4.78, 5) is 22.3. The number of H-pyrrole nitrogens is 1. The van der Waals surface area contributed by atoms with Gasteiger partial charge in [0.15, 0.2) is 11.9 Å². The Morgan fingerprint density at radius 1 is 1.59 bits per heavy atom. The molecular weight excluding hydrogens is 294 g/mol. The number of methoxy groups -OCH3 is 1. The third-order valence-corrected chi connectivity index (χ3v) is 3.73. The molecule has 10 nitrogen and oxygen atoms in total. The number of hydrogen-bond donors (Lipinski definition) is 4. The van der Waals surface area contributed by atoms with Crippen molar-refractivity contribution in [3.63, 3.8) is 0 Å². The van der Waals surface area contributed by atoms with Gasteiger partial charge in [-0.2, -0.15) is 4.98 Å². The first-order valence-corrected chi connectivity index (χ1v) is 6.72. The van der Waals surface area contributed by atoms with Crippen LogP contribution in [0.1, 0.15) is 6.23 Å². The fourth-order valence-corrected chi connectivity index (χ4v) is 2.65. The van der Waals surface area contributed by atoms with E-state index in [1.165, 1.54) is 18.0 Å². The molecule has 0 unspecified atom stereocenters. The summed E-state index contributed by atoms with van der Waals surface area (Å²) in [7, 11) is 3.09. The molecule has 0 aliphatic carbocycles. The second kappa shape index (κ2) is 5.65. The van der Waals surface area contributed by atoms with Crippen molar-refractivity contribution >= 4 is 17.0 Å². The first kappa shape index (κ1) is 14.9. The van der Waals surface area contributed by atoms with Gasteiger partial charge in [-0.3, -0.25) is 9.55 Å². The molecule has 0 aromatic carbocycles. The third-order valence-electron chi connectivity index (χ3n) is 3.73. The third kappa shape index (κ3) is 2.16. The van der Waals surface area contributed by atoms with Crippen LogP contribution in [0.4, 0.5) is 5.82 Å². The number of ether oxygens (including phenoxy) is 2. The zero-order valence-electron chi connectivity index (χ0n) is 12.1. The summed E-state index contributed by atoms with van der Waals surface area (Å²) >= 11 is 0. The predicted molar refractivity (Wildman–Crippen MR) is 75.5 cm³/mol. The van der Waals surface area contributed by atoms with Crippen LogP contribution in [0.2, 0.25) is 0 Å². The molecule has 10 heteroatoms. The van der Waals surface area contributed by atoms with Crippen LogP contribution in [-0.2, 0) is 9.47 Å². The van der Waals surface area contributed by atoms with Gasteiger partial charge in [-0.25, -0.2) is 9.78 Å². The molecule has 0 spiro atoms. The number of hydrogen-bond acceptors (Lipinski definition) is 8. The van der Waals surface area contributed by atoms with Crippen molar-refractivity contribution in [3.8, 4) is 0 Å². The van der Waals surface area contributed by atoms with E-state index in [0.29, 0.717) is 17.0 Å². The van der Waals surface area contributed by atoms with Crippen LogP contribution < -0.4 is 11.0 Å². The van der Waals surface area contributed by atoms with Gasteiger partial charge in [0.25, 0.3) is 0 Å². The maximum absolute atomic E-state index is 11.7. The molecule has 1 saturated heterocycles. The smallest absolute Gasteiger partial charge is 0.348 e. The van der Waals surface area contributed by atoms with Crippen LogP contribution in [0.5, 0.6) is 0 Å². The molecule has 3 rings (SSSR count). The molecule has 1 aliphatic rings. The largest absolute Gasteiger partial charge is 0.394 e. The minimum atomic E-state index is -0.997. The van der Waals surface area contributed by atoms with Crippen molar-refractivity contribution in [2.24, 2.45) is 0 Å². The second-order valence-electron chi connectivity index (χ2n) is 4.93. The number of anilines is 1. The summed E-state index contributed by atoms with van der Waals surface area (Å²) in [5, 5.41) is 22.2. The lowest BCUT2D eigenvalue weighted by Crippen LogP contribution is -2.34. The lowest BCUT2D eigenvalue weighted by Gasteiger charge is -2.19. The predicted octanol–water partition coefficient (Wildman–Crippen LogP) is -1.57. The first-order valence-electron chi connectivity index (χ1n) is 6.72. The average molecular weight is 311 g/mol. The monoisotopic (exact) mass is 311 g/mol.